The number of esters is 1. The topological polar surface area (TPSA) is 157 Å². The molecule has 0 saturated carbocycles. The number of carbonyl (C=O) groups is 1. The molecule has 1 heterocycles. The molecule has 4 rings (SSSR count). The van der Waals surface area contributed by atoms with E-state index in [1.807, 2.05) is 0 Å². The second kappa shape index (κ2) is 7.52. The highest BCUT2D eigenvalue weighted by Crippen LogP contribution is 2.43. The molecule has 0 fully saturated rings. The first-order chi connectivity index (χ1) is 14.7. The first-order valence-corrected chi connectivity index (χ1v) is 9.24. The molecule has 0 unspecified atom stereocenters. The molecule has 0 aliphatic carbocycles. The highest BCUT2D eigenvalue weighted by Gasteiger charge is 2.26. The van der Waals surface area contributed by atoms with Crippen molar-refractivity contribution in [3.05, 3.63) is 59.2 Å². The van der Waals surface area contributed by atoms with Gasteiger partial charge in [0.2, 0.25) is 0 Å². The van der Waals surface area contributed by atoms with Crippen LogP contribution in [-0.4, -0.2) is 36.6 Å². The van der Waals surface area contributed by atoms with Crippen LogP contribution in [0.4, 0.5) is 0 Å². The van der Waals surface area contributed by atoms with Crippen molar-refractivity contribution in [1.82, 2.24) is 0 Å². The van der Waals surface area contributed by atoms with Crippen molar-refractivity contribution in [1.29, 1.82) is 0 Å². The fraction of sp³-hybridized carbons (Fsp3) is 0.136. The van der Waals surface area contributed by atoms with Crippen LogP contribution in [-0.2, 0) is 6.42 Å². The predicted octanol–water partition coefficient (Wildman–Crippen LogP) is 3.21. The zero-order chi connectivity index (χ0) is 22.3. The van der Waals surface area contributed by atoms with Gasteiger partial charge in [-0.25, -0.2) is 4.79 Å². The lowest BCUT2D eigenvalue weighted by Gasteiger charge is -2.27. The average Bonchev–Trinajstić information content (AvgIpc) is 2.73. The average molecular weight is 426 g/mol. The number of fused-ring (bicyclic) bond motifs is 1. The molecule has 0 bridgehead atoms. The molecule has 1 atom stereocenters. The fourth-order valence-electron chi connectivity index (χ4n) is 3.37. The van der Waals surface area contributed by atoms with Crippen LogP contribution >= 0.6 is 0 Å². The van der Waals surface area contributed by atoms with E-state index in [4.69, 9.17) is 9.47 Å². The monoisotopic (exact) mass is 426 g/mol. The molecule has 0 spiro atoms. The van der Waals surface area contributed by atoms with E-state index in [9.17, 15) is 35.4 Å². The second-order valence-electron chi connectivity index (χ2n) is 7.07. The van der Waals surface area contributed by atoms with Crippen molar-refractivity contribution in [2.75, 3.05) is 0 Å². The number of ether oxygens (including phenoxy) is 2. The van der Waals surface area contributed by atoms with E-state index >= 15 is 0 Å². The Morgan fingerprint density at radius 1 is 0.839 bits per heavy atom. The Morgan fingerprint density at radius 3 is 2.23 bits per heavy atom. The van der Waals surface area contributed by atoms with E-state index in [1.165, 1.54) is 24.3 Å². The Labute approximate surface area is 175 Å². The van der Waals surface area contributed by atoms with E-state index < -0.39 is 29.3 Å². The lowest BCUT2D eigenvalue weighted by molar-refractivity contribution is 0.0732. The van der Waals surface area contributed by atoms with Crippen molar-refractivity contribution in [2.24, 2.45) is 0 Å². The van der Waals surface area contributed by atoms with Crippen LogP contribution in [0, 0.1) is 0 Å². The lowest BCUT2D eigenvalue weighted by atomic mass is 9.96. The molecule has 1 aliphatic rings. The Kier molecular flexibility index (Phi) is 4.86. The summed E-state index contributed by atoms with van der Waals surface area (Å²) in [4.78, 5) is 12.4. The number of phenolic OH excluding ortho intramolecular Hbond substituents is 6. The van der Waals surface area contributed by atoms with Crippen LogP contribution in [0.15, 0.2) is 42.5 Å². The maximum absolute atomic E-state index is 12.4. The van der Waals surface area contributed by atoms with Gasteiger partial charge in [0.25, 0.3) is 0 Å². The number of phenols is 6. The van der Waals surface area contributed by atoms with Gasteiger partial charge in [-0.15, -0.1) is 0 Å². The number of hydrogen-bond acceptors (Lipinski definition) is 9. The summed E-state index contributed by atoms with van der Waals surface area (Å²) in [5.74, 6) is -3.51. The molecule has 9 nitrogen and oxygen atoms in total. The largest absolute Gasteiger partial charge is 0.507 e. The molecule has 0 amide bonds. The lowest BCUT2D eigenvalue weighted by Crippen LogP contribution is -2.16. The van der Waals surface area contributed by atoms with E-state index in [2.05, 4.69) is 0 Å². The van der Waals surface area contributed by atoms with Crippen LogP contribution < -0.4 is 9.47 Å². The maximum Gasteiger partial charge on any atom is 0.343 e. The van der Waals surface area contributed by atoms with E-state index in [1.54, 1.807) is 6.07 Å². The molecule has 6 N–H and O–H groups in total. The molecule has 0 saturated heterocycles. The third-order valence-electron chi connectivity index (χ3n) is 4.97. The Hall–Kier alpha value is -4.27. The van der Waals surface area contributed by atoms with Gasteiger partial charge in [0, 0.05) is 17.7 Å². The first-order valence-electron chi connectivity index (χ1n) is 9.24. The molecule has 9 heteroatoms. The van der Waals surface area contributed by atoms with Crippen LogP contribution in [0.3, 0.4) is 0 Å². The third kappa shape index (κ3) is 3.80. The smallest absolute Gasteiger partial charge is 0.343 e. The minimum absolute atomic E-state index is 0.0393. The fourth-order valence-corrected chi connectivity index (χ4v) is 3.37. The number of benzene rings is 3. The highest BCUT2D eigenvalue weighted by atomic mass is 16.5. The van der Waals surface area contributed by atoms with E-state index in [0.29, 0.717) is 24.0 Å². The molecule has 0 radical (unpaired) electrons. The normalized spacial score (nSPS) is 15.0. The first kappa shape index (κ1) is 20.0. The van der Waals surface area contributed by atoms with Gasteiger partial charge in [-0.1, -0.05) is 6.07 Å². The highest BCUT2D eigenvalue weighted by molar-refractivity contribution is 5.92. The minimum Gasteiger partial charge on any atom is -0.507 e. The molecule has 0 aromatic heterocycles. The quantitative estimate of drug-likeness (QED) is 0.210. The van der Waals surface area contributed by atoms with E-state index in [0.717, 1.165) is 12.1 Å². The Bertz CT molecular complexity index is 1160. The molecule has 160 valence electrons. The summed E-state index contributed by atoms with van der Waals surface area (Å²) in [5.41, 5.74) is 0.931. The molecular weight excluding hydrogens is 408 g/mol. The number of hydrogen-bond donors (Lipinski definition) is 6. The molecule has 1 aliphatic heterocycles. The second-order valence-corrected chi connectivity index (χ2v) is 7.07. The van der Waals surface area contributed by atoms with Crippen LogP contribution in [0.2, 0.25) is 0 Å². The van der Waals surface area contributed by atoms with Crippen molar-refractivity contribution < 1.29 is 44.9 Å². The van der Waals surface area contributed by atoms with Crippen molar-refractivity contribution >= 4 is 5.97 Å². The summed E-state index contributed by atoms with van der Waals surface area (Å²) < 4.78 is 11.1. The van der Waals surface area contributed by atoms with Gasteiger partial charge in [-0.3, -0.25) is 0 Å². The molecule has 3 aromatic carbocycles. The summed E-state index contributed by atoms with van der Waals surface area (Å²) in [6.07, 6.45) is 0.507. The Balaban J connectivity index is 1.59. The van der Waals surface area contributed by atoms with Gasteiger partial charge >= 0.3 is 5.97 Å². The van der Waals surface area contributed by atoms with Gasteiger partial charge in [0.15, 0.2) is 28.7 Å². The molecule has 31 heavy (non-hydrogen) atoms. The van der Waals surface area contributed by atoms with Crippen LogP contribution in [0.1, 0.15) is 34.0 Å². The van der Waals surface area contributed by atoms with Gasteiger partial charge < -0.3 is 40.1 Å². The van der Waals surface area contributed by atoms with Crippen LogP contribution in [0.5, 0.6) is 46.0 Å². The molecule has 3 aromatic rings. The van der Waals surface area contributed by atoms with Crippen molar-refractivity contribution in [3.8, 4) is 46.0 Å². The van der Waals surface area contributed by atoms with Gasteiger partial charge in [-0.2, -0.15) is 0 Å². The van der Waals surface area contributed by atoms with Crippen molar-refractivity contribution in [3.63, 3.8) is 0 Å². The number of rotatable bonds is 3. The zero-order valence-electron chi connectivity index (χ0n) is 15.9. The molecular formula is C22H18O9. The number of carbonyl (C=O) groups excluding carboxylic acids is 1. The van der Waals surface area contributed by atoms with Crippen LogP contribution in [0.25, 0.3) is 0 Å². The Morgan fingerprint density at radius 2 is 1.55 bits per heavy atom. The van der Waals surface area contributed by atoms with Gasteiger partial charge in [0.1, 0.15) is 23.4 Å². The summed E-state index contributed by atoms with van der Waals surface area (Å²) in [7, 11) is 0. The number of aromatic hydroxyl groups is 6. The third-order valence-corrected chi connectivity index (χ3v) is 4.97. The summed E-state index contributed by atoms with van der Waals surface area (Å²) >= 11 is 0. The minimum atomic E-state index is -0.944. The van der Waals surface area contributed by atoms with E-state index in [-0.39, 0.29) is 34.3 Å². The zero-order valence-corrected chi connectivity index (χ0v) is 15.9. The maximum atomic E-state index is 12.4. The summed E-state index contributed by atoms with van der Waals surface area (Å²) in [6, 6.07) is 8.86. The predicted molar refractivity (Wildman–Crippen MR) is 106 cm³/mol. The standard InChI is InChI=1S/C22H18O9/c23-14-3-1-10(5-16(14)25)19-4-2-13-15(24)8-12(9-20(13)31-19)30-22(29)11-6-17(26)21(28)18(27)7-11/h1,3,5-9,19,23-28H,2,4H2/t19-/m0/s1. The van der Waals surface area contributed by atoms with Gasteiger partial charge in [0.05, 0.1) is 5.56 Å². The van der Waals surface area contributed by atoms with Crippen molar-refractivity contribution in [2.45, 2.75) is 18.9 Å². The summed E-state index contributed by atoms with van der Waals surface area (Å²) in [5, 5.41) is 58.0. The summed E-state index contributed by atoms with van der Waals surface area (Å²) in [6.45, 7) is 0. The SMILES string of the molecule is O=C(Oc1cc(O)c2c(c1)O[C@H](c1ccc(O)c(O)c1)CC2)c1cc(O)c(O)c(O)c1. The van der Waals surface area contributed by atoms with Gasteiger partial charge in [-0.05, 0) is 42.7 Å².